The van der Waals surface area contributed by atoms with Gasteiger partial charge in [0.1, 0.15) is 0 Å². The van der Waals surface area contributed by atoms with Gasteiger partial charge in [0.25, 0.3) is 0 Å². The molecule has 1 aromatic heterocycles. The maximum absolute atomic E-state index is 4.47. The van der Waals surface area contributed by atoms with Crippen molar-refractivity contribution in [2.24, 2.45) is 0 Å². The lowest BCUT2D eigenvalue weighted by molar-refractivity contribution is 0.637. The summed E-state index contributed by atoms with van der Waals surface area (Å²) >= 11 is 2.10. The van der Waals surface area contributed by atoms with Crippen LogP contribution >= 0.6 is 11.8 Å². The maximum Gasteiger partial charge on any atom is 0.0544 e. The lowest BCUT2D eigenvalue weighted by atomic mass is 10.2. The fourth-order valence-electron chi connectivity index (χ4n) is 1.86. The Bertz CT molecular complexity index is 308. The fraction of sp³-hybridized carbons (Fsp3) is 0.583. The number of hydrogen-bond donors (Lipinski definition) is 1. The molecule has 0 bridgehead atoms. The minimum Gasteiger partial charge on any atom is -0.310 e. The highest BCUT2D eigenvalue weighted by Gasteiger charge is 2.14. The Morgan fingerprint density at radius 2 is 2.47 bits per heavy atom. The summed E-state index contributed by atoms with van der Waals surface area (Å²) in [5.41, 5.74) is 2.25. The van der Waals surface area contributed by atoms with Crippen LogP contribution in [-0.2, 0) is 6.54 Å². The van der Waals surface area contributed by atoms with Crippen molar-refractivity contribution < 1.29 is 0 Å². The predicted molar refractivity (Wildman–Crippen MR) is 66.2 cm³/mol. The highest BCUT2D eigenvalue weighted by atomic mass is 32.2. The second kappa shape index (κ2) is 5.52. The molecule has 1 aliphatic heterocycles. The lowest BCUT2D eigenvalue weighted by Crippen LogP contribution is -2.23. The van der Waals surface area contributed by atoms with E-state index in [1.807, 2.05) is 13.0 Å². The largest absolute Gasteiger partial charge is 0.310 e. The van der Waals surface area contributed by atoms with Crippen molar-refractivity contribution >= 4 is 11.8 Å². The molecule has 1 unspecified atom stereocenters. The summed E-state index contributed by atoms with van der Waals surface area (Å²) in [4.78, 5) is 4.47. The molecule has 1 saturated heterocycles. The van der Waals surface area contributed by atoms with E-state index in [1.54, 1.807) is 0 Å². The smallest absolute Gasteiger partial charge is 0.0544 e. The Hall–Kier alpha value is -0.540. The van der Waals surface area contributed by atoms with E-state index in [0.29, 0.717) is 0 Å². The molecule has 1 aliphatic rings. The van der Waals surface area contributed by atoms with Gasteiger partial charge in [0.2, 0.25) is 0 Å². The molecule has 1 atom stereocenters. The topological polar surface area (TPSA) is 24.9 Å². The second-order valence-electron chi connectivity index (χ2n) is 4.04. The van der Waals surface area contributed by atoms with Crippen LogP contribution in [0.4, 0.5) is 0 Å². The van der Waals surface area contributed by atoms with Gasteiger partial charge in [-0.05, 0) is 37.7 Å². The normalized spacial score (nSPS) is 20.7. The molecule has 0 aromatic carbocycles. The summed E-state index contributed by atoms with van der Waals surface area (Å²) in [6, 6.07) is 6.20. The molecule has 0 amide bonds. The van der Waals surface area contributed by atoms with Crippen molar-refractivity contribution in [2.45, 2.75) is 31.6 Å². The number of pyridine rings is 1. The molecule has 1 fully saturated rings. The minimum atomic E-state index is 0.829. The highest BCUT2D eigenvalue weighted by molar-refractivity contribution is 8.00. The number of aromatic nitrogens is 1. The fourth-order valence-corrected chi connectivity index (χ4v) is 3.10. The van der Waals surface area contributed by atoms with E-state index in [9.17, 15) is 0 Å². The maximum atomic E-state index is 4.47. The standard InChI is InChI=1S/C12H18N2S/c1-10-4-2-5-11(14-10)8-13-9-12-6-3-7-15-12/h2,4-5,12-13H,3,6-9H2,1H3. The predicted octanol–water partition coefficient (Wildman–Crippen LogP) is 2.38. The Kier molecular flexibility index (Phi) is 4.03. The van der Waals surface area contributed by atoms with Crippen LogP contribution in [0.25, 0.3) is 0 Å². The van der Waals surface area contributed by atoms with Crippen molar-refractivity contribution in [1.29, 1.82) is 0 Å². The first-order chi connectivity index (χ1) is 7.34. The molecule has 1 N–H and O–H groups in total. The monoisotopic (exact) mass is 222 g/mol. The molecular formula is C12H18N2S. The van der Waals surface area contributed by atoms with Crippen molar-refractivity contribution in [3.63, 3.8) is 0 Å². The Labute approximate surface area is 95.9 Å². The van der Waals surface area contributed by atoms with Gasteiger partial charge >= 0.3 is 0 Å². The van der Waals surface area contributed by atoms with Gasteiger partial charge in [0, 0.05) is 24.0 Å². The van der Waals surface area contributed by atoms with Crippen molar-refractivity contribution in [1.82, 2.24) is 10.3 Å². The highest BCUT2D eigenvalue weighted by Crippen LogP contribution is 2.25. The first-order valence-electron chi connectivity index (χ1n) is 5.59. The van der Waals surface area contributed by atoms with Crippen LogP contribution in [-0.4, -0.2) is 22.5 Å². The first-order valence-corrected chi connectivity index (χ1v) is 6.64. The second-order valence-corrected chi connectivity index (χ2v) is 5.44. The number of aryl methyl sites for hydroxylation is 1. The van der Waals surface area contributed by atoms with E-state index in [1.165, 1.54) is 18.6 Å². The van der Waals surface area contributed by atoms with E-state index in [4.69, 9.17) is 0 Å². The van der Waals surface area contributed by atoms with Crippen LogP contribution < -0.4 is 5.32 Å². The molecule has 1 aromatic rings. The van der Waals surface area contributed by atoms with Gasteiger partial charge in [-0.1, -0.05) is 6.07 Å². The van der Waals surface area contributed by atoms with E-state index >= 15 is 0 Å². The number of nitrogens with zero attached hydrogens (tertiary/aromatic N) is 1. The number of thioether (sulfide) groups is 1. The van der Waals surface area contributed by atoms with Crippen LogP contribution in [0.3, 0.4) is 0 Å². The molecule has 15 heavy (non-hydrogen) atoms. The average Bonchev–Trinajstić information content (AvgIpc) is 2.71. The van der Waals surface area contributed by atoms with E-state index in [2.05, 4.69) is 34.2 Å². The van der Waals surface area contributed by atoms with Gasteiger partial charge in [-0.2, -0.15) is 11.8 Å². The zero-order chi connectivity index (χ0) is 10.5. The Morgan fingerprint density at radius 1 is 1.53 bits per heavy atom. The van der Waals surface area contributed by atoms with Gasteiger partial charge in [-0.15, -0.1) is 0 Å². The third kappa shape index (κ3) is 3.50. The summed E-state index contributed by atoms with van der Waals surface area (Å²) < 4.78 is 0. The zero-order valence-electron chi connectivity index (χ0n) is 9.20. The molecule has 0 saturated carbocycles. The lowest BCUT2D eigenvalue weighted by Gasteiger charge is -2.09. The van der Waals surface area contributed by atoms with Crippen LogP contribution in [0.5, 0.6) is 0 Å². The molecule has 2 nitrogen and oxygen atoms in total. The number of hydrogen-bond acceptors (Lipinski definition) is 3. The molecule has 0 spiro atoms. The van der Waals surface area contributed by atoms with Crippen molar-refractivity contribution in [3.8, 4) is 0 Å². The summed E-state index contributed by atoms with van der Waals surface area (Å²) in [7, 11) is 0. The number of nitrogens with one attached hydrogen (secondary N) is 1. The van der Waals surface area contributed by atoms with Gasteiger partial charge in [-0.3, -0.25) is 4.98 Å². The third-order valence-corrected chi connectivity index (χ3v) is 4.05. The molecule has 2 heterocycles. The summed E-state index contributed by atoms with van der Waals surface area (Å²) in [6.07, 6.45) is 2.76. The third-order valence-electron chi connectivity index (χ3n) is 2.65. The van der Waals surface area contributed by atoms with Crippen LogP contribution in [0.2, 0.25) is 0 Å². The summed E-state index contributed by atoms with van der Waals surface area (Å²) in [6.45, 7) is 4.06. The minimum absolute atomic E-state index is 0.829. The van der Waals surface area contributed by atoms with E-state index in [0.717, 1.165) is 29.7 Å². The van der Waals surface area contributed by atoms with Crippen LogP contribution in [0.1, 0.15) is 24.2 Å². The van der Waals surface area contributed by atoms with Gasteiger partial charge in [0.15, 0.2) is 0 Å². The Morgan fingerprint density at radius 3 is 3.20 bits per heavy atom. The first kappa shape index (κ1) is 11.0. The van der Waals surface area contributed by atoms with Crippen LogP contribution in [0, 0.1) is 6.92 Å². The van der Waals surface area contributed by atoms with E-state index < -0.39 is 0 Å². The summed E-state index contributed by atoms with van der Waals surface area (Å²) in [5, 5.41) is 4.32. The quantitative estimate of drug-likeness (QED) is 0.846. The van der Waals surface area contributed by atoms with Gasteiger partial charge in [0.05, 0.1) is 5.69 Å². The molecule has 3 heteroatoms. The van der Waals surface area contributed by atoms with Crippen molar-refractivity contribution in [3.05, 3.63) is 29.6 Å². The average molecular weight is 222 g/mol. The van der Waals surface area contributed by atoms with Gasteiger partial charge in [-0.25, -0.2) is 0 Å². The molecule has 0 radical (unpaired) electrons. The molecule has 0 aliphatic carbocycles. The van der Waals surface area contributed by atoms with Crippen molar-refractivity contribution in [2.75, 3.05) is 12.3 Å². The van der Waals surface area contributed by atoms with E-state index in [-0.39, 0.29) is 0 Å². The SMILES string of the molecule is Cc1cccc(CNCC2CCCS2)n1. The molecule has 82 valence electrons. The van der Waals surface area contributed by atoms with Gasteiger partial charge < -0.3 is 5.32 Å². The molecule has 2 rings (SSSR count). The van der Waals surface area contributed by atoms with Crippen LogP contribution in [0.15, 0.2) is 18.2 Å². The number of rotatable bonds is 4. The Balaban J connectivity index is 1.73. The molecular weight excluding hydrogens is 204 g/mol. The summed E-state index contributed by atoms with van der Waals surface area (Å²) in [5.74, 6) is 1.34. The zero-order valence-corrected chi connectivity index (χ0v) is 10.0.